The summed E-state index contributed by atoms with van der Waals surface area (Å²) in [5, 5.41) is 10.8. The predicted molar refractivity (Wildman–Crippen MR) is 92.2 cm³/mol. The van der Waals surface area contributed by atoms with E-state index in [4.69, 9.17) is 27.9 Å². The van der Waals surface area contributed by atoms with Gasteiger partial charge in [-0.2, -0.15) is 0 Å². The van der Waals surface area contributed by atoms with Gasteiger partial charge in [-0.1, -0.05) is 29.3 Å². The highest BCUT2D eigenvalue weighted by atomic mass is 35.5. The van der Waals surface area contributed by atoms with Gasteiger partial charge in [-0.25, -0.2) is 4.79 Å². The van der Waals surface area contributed by atoms with Gasteiger partial charge in [0, 0.05) is 25.6 Å². The number of aliphatic hydroxyl groups excluding tert-OH is 1. The first-order chi connectivity index (χ1) is 10.7. The van der Waals surface area contributed by atoms with E-state index < -0.39 is 5.60 Å². The molecule has 23 heavy (non-hydrogen) atoms. The van der Waals surface area contributed by atoms with Crippen molar-refractivity contribution in [1.82, 2.24) is 4.90 Å². The Morgan fingerprint density at radius 1 is 1.35 bits per heavy atom. The molecule has 4 nitrogen and oxygen atoms in total. The lowest BCUT2D eigenvalue weighted by Crippen LogP contribution is -2.46. The first-order valence-corrected chi connectivity index (χ1v) is 8.50. The van der Waals surface area contributed by atoms with Crippen LogP contribution in [0.4, 0.5) is 4.79 Å². The molecule has 0 radical (unpaired) electrons. The summed E-state index contributed by atoms with van der Waals surface area (Å²) < 4.78 is 5.41. The standard InChI is InChI=1S/C17H23Cl2NO3/c1-17(2,3)23-16(22)20-7-6-13(12(9-20)10-21)11-4-5-14(18)15(19)8-11/h4-5,8,12-13,21H,6-7,9-10H2,1-3H3. The van der Waals surface area contributed by atoms with Crippen molar-refractivity contribution in [1.29, 1.82) is 0 Å². The maximum absolute atomic E-state index is 12.2. The van der Waals surface area contributed by atoms with Gasteiger partial charge in [0.2, 0.25) is 0 Å². The number of aliphatic hydroxyl groups is 1. The number of halogens is 2. The highest BCUT2D eigenvalue weighted by molar-refractivity contribution is 6.42. The van der Waals surface area contributed by atoms with Crippen molar-refractivity contribution in [3.05, 3.63) is 33.8 Å². The first kappa shape index (κ1) is 18.4. The fraction of sp³-hybridized carbons (Fsp3) is 0.588. The van der Waals surface area contributed by atoms with Crippen LogP contribution in [-0.2, 0) is 4.74 Å². The Kier molecular flexibility index (Phi) is 5.82. The topological polar surface area (TPSA) is 49.8 Å². The molecule has 2 rings (SSSR count). The van der Waals surface area contributed by atoms with Crippen molar-refractivity contribution in [2.45, 2.75) is 38.7 Å². The molecule has 1 fully saturated rings. The maximum Gasteiger partial charge on any atom is 0.410 e. The molecule has 2 atom stereocenters. The van der Waals surface area contributed by atoms with E-state index in [-0.39, 0.29) is 24.5 Å². The minimum Gasteiger partial charge on any atom is -0.444 e. The first-order valence-electron chi connectivity index (χ1n) is 7.75. The second-order valence-electron chi connectivity index (χ2n) is 6.94. The Balaban J connectivity index is 2.09. The fourth-order valence-electron chi connectivity index (χ4n) is 2.89. The van der Waals surface area contributed by atoms with Crippen molar-refractivity contribution < 1.29 is 14.6 Å². The van der Waals surface area contributed by atoms with Gasteiger partial charge in [-0.15, -0.1) is 0 Å². The summed E-state index contributed by atoms with van der Waals surface area (Å²) >= 11 is 12.1. The zero-order chi connectivity index (χ0) is 17.2. The average Bonchev–Trinajstić information content (AvgIpc) is 2.47. The molecule has 1 heterocycles. The number of hydrogen-bond acceptors (Lipinski definition) is 3. The molecule has 1 amide bonds. The number of carbonyl (C=O) groups excluding carboxylic acids is 1. The molecule has 1 saturated heterocycles. The van der Waals surface area contributed by atoms with E-state index in [1.807, 2.05) is 32.9 Å². The normalized spacial score (nSPS) is 22.1. The van der Waals surface area contributed by atoms with Gasteiger partial charge in [0.15, 0.2) is 0 Å². The van der Waals surface area contributed by atoms with Gasteiger partial charge in [0.25, 0.3) is 0 Å². The van der Waals surface area contributed by atoms with Crippen LogP contribution >= 0.6 is 23.2 Å². The van der Waals surface area contributed by atoms with Gasteiger partial charge >= 0.3 is 6.09 Å². The van der Waals surface area contributed by atoms with Crippen molar-refractivity contribution >= 4 is 29.3 Å². The van der Waals surface area contributed by atoms with Crippen molar-refractivity contribution in [2.24, 2.45) is 5.92 Å². The highest BCUT2D eigenvalue weighted by Crippen LogP contribution is 2.36. The van der Waals surface area contributed by atoms with Gasteiger partial charge in [-0.05, 0) is 50.8 Å². The van der Waals surface area contributed by atoms with Crippen LogP contribution in [0.3, 0.4) is 0 Å². The molecule has 0 saturated carbocycles. The molecule has 0 aromatic heterocycles. The molecule has 1 aromatic rings. The van der Waals surface area contributed by atoms with Gasteiger partial charge in [0.1, 0.15) is 5.60 Å². The molecular formula is C17H23Cl2NO3. The summed E-state index contributed by atoms with van der Waals surface area (Å²) in [5.74, 6) is 0.0990. The summed E-state index contributed by atoms with van der Waals surface area (Å²) in [4.78, 5) is 13.9. The third-order valence-corrected chi connectivity index (χ3v) is 4.73. The Morgan fingerprint density at radius 3 is 2.61 bits per heavy atom. The lowest BCUT2D eigenvalue weighted by molar-refractivity contribution is 0.0102. The summed E-state index contributed by atoms with van der Waals surface area (Å²) in [6, 6.07) is 5.55. The van der Waals surface area contributed by atoms with Gasteiger partial charge in [-0.3, -0.25) is 0 Å². The number of carbonyl (C=O) groups is 1. The molecule has 1 aliphatic heterocycles. The van der Waals surface area contributed by atoms with Crippen LogP contribution in [-0.4, -0.2) is 41.4 Å². The summed E-state index contributed by atoms with van der Waals surface area (Å²) in [6.07, 6.45) is 0.422. The van der Waals surface area contributed by atoms with E-state index in [1.165, 1.54) is 0 Å². The molecule has 0 bridgehead atoms. The number of ether oxygens (including phenoxy) is 1. The number of hydrogen-bond donors (Lipinski definition) is 1. The molecule has 1 aromatic carbocycles. The average molecular weight is 360 g/mol. The molecule has 2 unspecified atom stereocenters. The molecule has 0 aliphatic carbocycles. The lowest BCUT2D eigenvalue weighted by Gasteiger charge is -2.38. The number of amides is 1. The lowest BCUT2D eigenvalue weighted by atomic mass is 9.81. The molecule has 1 N–H and O–H groups in total. The quantitative estimate of drug-likeness (QED) is 0.854. The molecule has 0 spiro atoms. The van der Waals surface area contributed by atoms with E-state index in [9.17, 15) is 9.90 Å². The predicted octanol–water partition coefficient (Wildman–Crippen LogP) is 4.33. The van der Waals surface area contributed by atoms with Crippen LogP contribution in [0.5, 0.6) is 0 Å². The third-order valence-electron chi connectivity index (χ3n) is 3.99. The van der Waals surface area contributed by atoms with E-state index in [0.717, 1.165) is 12.0 Å². The minimum absolute atomic E-state index is 0.00418. The van der Waals surface area contributed by atoms with Gasteiger partial charge in [0.05, 0.1) is 10.0 Å². The zero-order valence-electron chi connectivity index (χ0n) is 13.7. The molecular weight excluding hydrogens is 337 g/mol. The van der Waals surface area contributed by atoms with Crippen LogP contribution in [0.1, 0.15) is 38.7 Å². The van der Waals surface area contributed by atoms with Crippen molar-refractivity contribution in [2.75, 3.05) is 19.7 Å². The number of nitrogens with zero attached hydrogens (tertiary/aromatic N) is 1. The second-order valence-corrected chi connectivity index (χ2v) is 7.75. The third kappa shape index (κ3) is 4.75. The van der Waals surface area contributed by atoms with Crippen molar-refractivity contribution in [3.8, 4) is 0 Å². The van der Waals surface area contributed by atoms with Crippen LogP contribution in [0, 0.1) is 5.92 Å². The van der Waals surface area contributed by atoms with Crippen LogP contribution in [0.2, 0.25) is 10.0 Å². The molecule has 128 valence electrons. The van der Waals surface area contributed by atoms with Gasteiger partial charge < -0.3 is 14.7 Å². The maximum atomic E-state index is 12.2. The number of rotatable bonds is 2. The number of benzene rings is 1. The number of likely N-dealkylation sites (tertiary alicyclic amines) is 1. The largest absolute Gasteiger partial charge is 0.444 e. The zero-order valence-corrected chi connectivity index (χ0v) is 15.2. The Labute approximate surface area is 147 Å². The molecule has 6 heteroatoms. The smallest absolute Gasteiger partial charge is 0.410 e. The van der Waals surface area contributed by atoms with E-state index in [1.54, 1.807) is 11.0 Å². The number of piperidine rings is 1. The van der Waals surface area contributed by atoms with E-state index >= 15 is 0 Å². The Hall–Kier alpha value is -0.970. The SMILES string of the molecule is CC(C)(C)OC(=O)N1CCC(c2ccc(Cl)c(Cl)c2)C(CO)C1. The van der Waals surface area contributed by atoms with Crippen LogP contribution < -0.4 is 0 Å². The Bertz CT molecular complexity index is 571. The van der Waals surface area contributed by atoms with Crippen LogP contribution in [0.25, 0.3) is 0 Å². The highest BCUT2D eigenvalue weighted by Gasteiger charge is 2.34. The molecule has 1 aliphatic rings. The van der Waals surface area contributed by atoms with Crippen molar-refractivity contribution in [3.63, 3.8) is 0 Å². The van der Waals surface area contributed by atoms with Crippen LogP contribution in [0.15, 0.2) is 18.2 Å². The monoisotopic (exact) mass is 359 g/mol. The van der Waals surface area contributed by atoms with E-state index in [2.05, 4.69) is 0 Å². The minimum atomic E-state index is -0.521. The van der Waals surface area contributed by atoms with E-state index in [0.29, 0.717) is 23.1 Å². The summed E-state index contributed by atoms with van der Waals surface area (Å²) in [7, 11) is 0. The Morgan fingerprint density at radius 2 is 2.04 bits per heavy atom. The fourth-order valence-corrected chi connectivity index (χ4v) is 3.20. The summed E-state index contributed by atoms with van der Waals surface area (Å²) in [6.45, 7) is 6.60. The second kappa shape index (κ2) is 7.29. The summed E-state index contributed by atoms with van der Waals surface area (Å²) in [5.41, 5.74) is 0.522.